The van der Waals surface area contributed by atoms with Gasteiger partial charge in [-0.05, 0) is 24.3 Å². The molecule has 2 rings (SSSR count). The highest BCUT2D eigenvalue weighted by Gasteiger charge is 2.21. The molecular formula is C19H31N3O2. The number of carbonyl (C=O) groups is 1. The number of hydrogen-bond acceptors (Lipinski definition) is 3. The summed E-state index contributed by atoms with van der Waals surface area (Å²) >= 11 is 0. The van der Waals surface area contributed by atoms with Crippen LogP contribution < -0.4 is 10.6 Å². The predicted octanol–water partition coefficient (Wildman–Crippen LogP) is 2.28. The maximum absolute atomic E-state index is 12.0. The van der Waals surface area contributed by atoms with Crippen LogP contribution in [-0.4, -0.2) is 56.4 Å². The molecule has 5 nitrogen and oxygen atoms in total. The number of rotatable bonds is 8. The lowest BCUT2D eigenvalue weighted by Gasteiger charge is -2.34. The molecule has 1 saturated heterocycles. The summed E-state index contributed by atoms with van der Waals surface area (Å²) in [4.78, 5) is 14.4. The van der Waals surface area contributed by atoms with E-state index in [9.17, 15) is 4.79 Å². The molecule has 0 aromatic heterocycles. The van der Waals surface area contributed by atoms with Crippen LogP contribution in [-0.2, 0) is 11.2 Å². The Morgan fingerprint density at radius 1 is 1.17 bits per heavy atom. The summed E-state index contributed by atoms with van der Waals surface area (Å²) in [6.07, 6.45) is 1.94. The number of hydrogen-bond donors (Lipinski definition) is 2. The van der Waals surface area contributed by atoms with Crippen molar-refractivity contribution in [2.45, 2.75) is 32.7 Å². The minimum Gasteiger partial charge on any atom is -0.379 e. The van der Waals surface area contributed by atoms with E-state index in [1.165, 1.54) is 5.56 Å². The molecule has 0 bridgehead atoms. The summed E-state index contributed by atoms with van der Waals surface area (Å²) < 4.78 is 5.46. The molecule has 0 saturated carbocycles. The van der Waals surface area contributed by atoms with E-state index in [1.807, 2.05) is 6.07 Å². The second-order valence-corrected chi connectivity index (χ2v) is 6.81. The van der Waals surface area contributed by atoms with Crippen molar-refractivity contribution in [2.75, 3.05) is 39.4 Å². The Balaban J connectivity index is 1.84. The van der Waals surface area contributed by atoms with E-state index in [1.54, 1.807) is 0 Å². The summed E-state index contributed by atoms with van der Waals surface area (Å²) in [5.74, 6) is 0.601. The van der Waals surface area contributed by atoms with Crippen molar-refractivity contribution in [1.29, 1.82) is 0 Å². The summed E-state index contributed by atoms with van der Waals surface area (Å²) in [6, 6.07) is 10.7. The zero-order valence-corrected chi connectivity index (χ0v) is 15.0. The quantitative estimate of drug-likeness (QED) is 0.767. The Bertz CT molecular complexity index is 473. The highest BCUT2D eigenvalue weighted by molar-refractivity contribution is 5.73. The number of ether oxygens (including phenoxy) is 1. The second kappa shape index (κ2) is 10.3. The van der Waals surface area contributed by atoms with Gasteiger partial charge in [0.2, 0.25) is 0 Å². The number of benzene rings is 1. The molecule has 2 N–H and O–H groups in total. The first-order valence-electron chi connectivity index (χ1n) is 9.02. The molecule has 1 fully saturated rings. The van der Waals surface area contributed by atoms with Gasteiger partial charge in [-0.15, -0.1) is 0 Å². The molecule has 1 unspecified atom stereocenters. The zero-order valence-electron chi connectivity index (χ0n) is 15.0. The van der Waals surface area contributed by atoms with Crippen LogP contribution in [0.3, 0.4) is 0 Å². The number of nitrogens with one attached hydrogen (secondary N) is 2. The average molecular weight is 333 g/mol. The van der Waals surface area contributed by atoms with Crippen molar-refractivity contribution in [2.24, 2.45) is 5.92 Å². The molecule has 1 heterocycles. The summed E-state index contributed by atoms with van der Waals surface area (Å²) in [5.41, 5.74) is 1.30. The number of nitrogens with zero attached hydrogens (tertiary/aromatic N) is 1. The van der Waals surface area contributed by atoms with Gasteiger partial charge in [-0.25, -0.2) is 4.79 Å². The fourth-order valence-corrected chi connectivity index (χ4v) is 2.91. The third-order valence-electron chi connectivity index (χ3n) is 4.38. The molecule has 0 aliphatic carbocycles. The molecule has 2 amide bonds. The van der Waals surface area contributed by atoms with E-state index < -0.39 is 0 Å². The lowest BCUT2D eigenvalue weighted by atomic mass is 10.0. The molecule has 1 aliphatic heterocycles. The summed E-state index contributed by atoms with van der Waals surface area (Å²) in [7, 11) is 0. The van der Waals surface area contributed by atoms with Gasteiger partial charge in [0.1, 0.15) is 0 Å². The Hall–Kier alpha value is -1.59. The first-order chi connectivity index (χ1) is 11.6. The fraction of sp³-hybridized carbons (Fsp3) is 0.632. The monoisotopic (exact) mass is 333 g/mol. The van der Waals surface area contributed by atoms with Gasteiger partial charge in [0.05, 0.1) is 13.2 Å². The third kappa shape index (κ3) is 6.89. The third-order valence-corrected chi connectivity index (χ3v) is 4.38. The van der Waals surface area contributed by atoms with Gasteiger partial charge in [-0.2, -0.15) is 0 Å². The fourth-order valence-electron chi connectivity index (χ4n) is 2.91. The molecule has 1 aromatic rings. The first kappa shape index (κ1) is 18.7. The Morgan fingerprint density at radius 3 is 2.54 bits per heavy atom. The van der Waals surface area contributed by atoms with Crippen molar-refractivity contribution in [3.05, 3.63) is 35.9 Å². The van der Waals surface area contributed by atoms with Crippen LogP contribution in [0.1, 0.15) is 25.8 Å². The molecule has 1 aromatic carbocycles. The van der Waals surface area contributed by atoms with Crippen molar-refractivity contribution in [1.82, 2.24) is 15.5 Å². The van der Waals surface area contributed by atoms with Gasteiger partial charge in [-0.1, -0.05) is 44.2 Å². The van der Waals surface area contributed by atoms with Gasteiger partial charge in [0.25, 0.3) is 0 Å². The van der Waals surface area contributed by atoms with Crippen LogP contribution >= 0.6 is 0 Å². The van der Waals surface area contributed by atoms with Gasteiger partial charge in [0.15, 0.2) is 0 Å². The molecule has 1 atom stereocenters. The minimum absolute atomic E-state index is 0.0676. The Kier molecular flexibility index (Phi) is 8.05. The maximum atomic E-state index is 12.0. The average Bonchev–Trinajstić information content (AvgIpc) is 2.60. The van der Waals surface area contributed by atoms with Crippen LogP contribution in [0.25, 0.3) is 0 Å². The van der Waals surface area contributed by atoms with E-state index in [-0.39, 0.29) is 6.03 Å². The van der Waals surface area contributed by atoms with Crippen LogP contribution in [0.5, 0.6) is 0 Å². The topological polar surface area (TPSA) is 53.6 Å². The highest BCUT2D eigenvalue weighted by Crippen LogP contribution is 2.11. The Morgan fingerprint density at radius 2 is 1.88 bits per heavy atom. The van der Waals surface area contributed by atoms with Crippen LogP contribution in [0.2, 0.25) is 0 Å². The Labute approximate surface area is 145 Å². The van der Waals surface area contributed by atoms with Crippen molar-refractivity contribution in [3.8, 4) is 0 Å². The van der Waals surface area contributed by atoms with Gasteiger partial charge < -0.3 is 15.4 Å². The normalized spacial score (nSPS) is 16.8. The van der Waals surface area contributed by atoms with Crippen molar-refractivity contribution in [3.63, 3.8) is 0 Å². The lowest BCUT2D eigenvalue weighted by molar-refractivity contribution is 0.0172. The molecule has 5 heteroatoms. The molecule has 24 heavy (non-hydrogen) atoms. The molecule has 1 aliphatic rings. The molecular weight excluding hydrogens is 302 g/mol. The molecule has 0 radical (unpaired) electrons. The second-order valence-electron chi connectivity index (χ2n) is 6.81. The smallest absolute Gasteiger partial charge is 0.314 e. The van der Waals surface area contributed by atoms with Crippen molar-refractivity contribution < 1.29 is 9.53 Å². The van der Waals surface area contributed by atoms with Crippen LogP contribution in [0.4, 0.5) is 4.79 Å². The van der Waals surface area contributed by atoms with E-state index in [0.29, 0.717) is 18.5 Å². The van der Waals surface area contributed by atoms with E-state index in [4.69, 9.17) is 4.74 Å². The summed E-state index contributed by atoms with van der Waals surface area (Å²) in [5, 5.41) is 5.98. The molecule has 134 valence electrons. The van der Waals surface area contributed by atoms with Crippen LogP contribution in [0, 0.1) is 5.92 Å². The SMILES string of the molecule is CC(C)CCNC(=O)NCC(Cc1ccccc1)N1CCOCC1. The standard InChI is InChI=1S/C19H31N3O2/c1-16(2)8-9-20-19(23)21-15-18(22-10-12-24-13-11-22)14-17-6-4-3-5-7-17/h3-7,16,18H,8-15H2,1-2H3,(H2,20,21,23). The highest BCUT2D eigenvalue weighted by atomic mass is 16.5. The van der Waals surface area contributed by atoms with Gasteiger partial charge >= 0.3 is 6.03 Å². The zero-order chi connectivity index (χ0) is 17.2. The number of carbonyl (C=O) groups excluding carboxylic acids is 1. The predicted molar refractivity (Wildman–Crippen MR) is 97.2 cm³/mol. The first-order valence-corrected chi connectivity index (χ1v) is 9.02. The van der Waals surface area contributed by atoms with Gasteiger partial charge in [0, 0.05) is 32.2 Å². The maximum Gasteiger partial charge on any atom is 0.314 e. The number of amides is 2. The van der Waals surface area contributed by atoms with Gasteiger partial charge in [-0.3, -0.25) is 4.90 Å². The van der Waals surface area contributed by atoms with Crippen LogP contribution in [0.15, 0.2) is 30.3 Å². The van der Waals surface area contributed by atoms with E-state index in [0.717, 1.165) is 45.7 Å². The van der Waals surface area contributed by atoms with E-state index in [2.05, 4.69) is 53.6 Å². The lowest BCUT2D eigenvalue weighted by Crippen LogP contribution is -2.51. The van der Waals surface area contributed by atoms with E-state index >= 15 is 0 Å². The van der Waals surface area contributed by atoms with Crippen molar-refractivity contribution >= 4 is 6.03 Å². The number of morpholine rings is 1. The summed E-state index contributed by atoms with van der Waals surface area (Å²) in [6.45, 7) is 9.09. The minimum atomic E-state index is -0.0676. The molecule has 0 spiro atoms. The largest absolute Gasteiger partial charge is 0.379 e. The number of urea groups is 1.